The number of unbranched alkanes of at least 4 members (excludes halogenated alkanes) is 24. The van der Waals surface area contributed by atoms with Crippen molar-refractivity contribution in [1.82, 2.24) is 0 Å². The van der Waals surface area contributed by atoms with Gasteiger partial charge in [0.15, 0.2) is 6.10 Å². The fourth-order valence-corrected chi connectivity index (χ4v) is 8.93. The normalized spacial score (nSPS) is 13.1. The van der Waals surface area contributed by atoms with Crippen molar-refractivity contribution in [3.8, 4) is 0 Å². The van der Waals surface area contributed by atoms with Crippen molar-refractivity contribution in [3.63, 3.8) is 0 Å². The maximum absolute atomic E-state index is 12.9. The first kappa shape index (κ1) is 76.3. The van der Waals surface area contributed by atoms with Crippen LogP contribution in [0.15, 0.2) is 146 Å². The lowest BCUT2D eigenvalue weighted by molar-refractivity contribution is -0.167. The van der Waals surface area contributed by atoms with Crippen LogP contribution in [0.25, 0.3) is 0 Å². The molecule has 0 aromatic heterocycles. The molecule has 0 saturated heterocycles. The lowest BCUT2D eigenvalue weighted by atomic mass is 10.0. The highest BCUT2D eigenvalue weighted by molar-refractivity contribution is 5.71. The molecule has 0 amide bonds. The van der Waals surface area contributed by atoms with E-state index < -0.39 is 6.10 Å². The van der Waals surface area contributed by atoms with Crippen molar-refractivity contribution in [2.75, 3.05) is 13.2 Å². The Labute approximate surface area is 499 Å². The second-order valence-corrected chi connectivity index (χ2v) is 21.6. The van der Waals surface area contributed by atoms with Crippen molar-refractivity contribution < 1.29 is 28.6 Å². The van der Waals surface area contributed by atoms with Crippen LogP contribution in [0.1, 0.15) is 290 Å². The molecule has 0 heterocycles. The monoisotopic (exact) mass is 1120 g/mol. The molecule has 0 N–H and O–H groups in total. The second kappa shape index (κ2) is 67.8. The SMILES string of the molecule is CC/C=C\C/C=C\C/C=C\C/C=C\C/C=C\C/C=C\C/C=C\C/C=C\C/C=C\CCCC(=O)OCC(COC(=O)CCCCC/C=C\C/C=C\C/C=C\CC)OC(=O)CCCCCCCCCCCCCCCCCCCCCCC. The Morgan fingerprint density at radius 3 is 0.802 bits per heavy atom. The minimum atomic E-state index is -0.819. The third kappa shape index (κ3) is 66.0. The van der Waals surface area contributed by atoms with Gasteiger partial charge in [0.25, 0.3) is 0 Å². The van der Waals surface area contributed by atoms with E-state index in [1.807, 2.05) is 0 Å². The number of rotatable bonds is 59. The quantitative estimate of drug-likeness (QED) is 0.0261. The smallest absolute Gasteiger partial charge is 0.306 e. The molecule has 0 aliphatic heterocycles. The number of esters is 3. The highest BCUT2D eigenvalue weighted by atomic mass is 16.6. The molecule has 0 fully saturated rings. The molecule has 0 aromatic rings. The highest BCUT2D eigenvalue weighted by Crippen LogP contribution is 2.16. The molecular formula is C75H122O6. The van der Waals surface area contributed by atoms with Gasteiger partial charge >= 0.3 is 17.9 Å². The third-order valence-electron chi connectivity index (χ3n) is 13.8. The van der Waals surface area contributed by atoms with Gasteiger partial charge in [-0.1, -0.05) is 301 Å². The molecule has 0 saturated carbocycles. The van der Waals surface area contributed by atoms with Crippen LogP contribution in [0.3, 0.4) is 0 Å². The van der Waals surface area contributed by atoms with Gasteiger partial charge in [-0.25, -0.2) is 0 Å². The second-order valence-electron chi connectivity index (χ2n) is 21.6. The molecule has 0 aliphatic rings. The number of hydrogen-bond acceptors (Lipinski definition) is 6. The molecule has 0 radical (unpaired) electrons. The largest absolute Gasteiger partial charge is 0.462 e. The fourth-order valence-electron chi connectivity index (χ4n) is 8.93. The van der Waals surface area contributed by atoms with Crippen molar-refractivity contribution in [2.45, 2.75) is 297 Å². The summed E-state index contributed by atoms with van der Waals surface area (Å²) in [5, 5.41) is 0. The molecule has 0 bridgehead atoms. The minimum Gasteiger partial charge on any atom is -0.462 e. The number of carbonyl (C=O) groups excluding carboxylic acids is 3. The molecule has 0 rings (SSSR count). The molecule has 0 spiro atoms. The Morgan fingerprint density at radius 1 is 0.259 bits per heavy atom. The van der Waals surface area contributed by atoms with Gasteiger partial charge < -0.3 is 14.2 Å². The summed E-state index contributed by atoms with van der Waals surface area (Å²) in [6, 6.07) is 0. The lowest BCUT2D eigenvalue weighted by Gasteiger charge is -2.18. The van der Waals surface area contributed by atoms with Gasteiger partial charge in [0, 0.05) is 19.3 Å². The van der Waals surface area contributed by atoms with Gasteiger partial charge in [0.1, 0.15) is 13.2 Å². The summed E-state index contributed by atoms with van der Waals surface area (Å²) in [7, 11) is 0. The predicted octanol–water partition coefficient (Wildman–Crippen LogP) is 23.1. The first-order valence-corrected chi connectivity index (χ1v) is 33.3. The van der Waals surface area contributed by atoms with Crippen LogP contribution >= 0.6 is 0 Å². The first-order chi connectivity index (χ1) is 40.0. The van der Waals surface area contributed by atoms with Crippen molar-refractivity contribution >= 4 is 17.9 Å². The van der Waals surface area contributed by atoms with Crippen LogP contribution < -0.4 is 0 Å². The third-order valence-corrected chi connectivity index (χ3v) is 13.8. The summed E-state index contributed by atoms with van der Waals surface area (Å²) in [4.78, 5) is 38.3. The molecule has 81 heavy (non-hydrogen) atoms. The van der Waals surface area contributed by atoms with Crippen LogP contribution in [0, 0.1) is 0 Å². The Balaban J connectivity index is 4.44. The standard InChI is InChI=1S/C75H122O6/c1-4-7-10-13-16-19-22-25-27-29-31-33-34-35-36-37-38-39-40-42-43-45-47-50-53-56-59-62-65-68-74(77)80-71-72(70-79-73(76)67-64-61-58-55-52-49-24-21-18-15-12-9-6-3)81-75(78)69-66-63-60-57-54-51-48-46-44-41-32-30-28-26-23-20-17-14-11-8-5-2/h7,9-10,12,16,18-19,21,25,27,31,33,35-36,38-39,42-43,47,49-50,52,56,59,72H,4-6,8,11,13-15,17,20,22-24,26,28-30,32,34,37,40-41,44-46,48,51,53-55,57-58,60-71H2,1-3H3/b10-7-,12-9-,19-16-,21-18-,27-25-,33-31-,36-35-,39-38-,43-42-,50-47-,52-49-,59-56-. The molecular weight excluding hydrogens is 997 g/mol. The summed E-state index contributed by atoms with van der Waals surface area (Å²) in [6.07, 6.45) is 97.3. The van der Waals surface area contributed by atoms with Crippen molar-refractivity contribution in [2.24, 2.45) is 0 Å². The molecule has 6 nitrogen and oxygen atoms in total. The maximum atomic E-state index is 12.9. The zero-order valence-electron chi connectivity index (χ0n) is 52.5. The van der Waals surface area contributed by atoms with Crippen molar-refractivity contribution in [1.29, 1.82) is 0 Å². The van der Waals surface area contributed by atoms with Crippen LogP contribution in [-0.4, -0.2) is 37.2 Å². The number of carbonyl (C=O) groups is 3. The zero-order valence-corrected chi connectivity index (χ0v) is 52.5. The van der Waals surface area contributed by atoms with Gasteiger partial charge in [0.05, 0.1) is 0 Å². The summed E-state index contributed by atoms with van der Waals surface area (Å²) in [6.45, 7) is 6.36. The van der Waals surface area contributed by atoms with Crippen LogP contribution in [0.2, 0.25) is 0 Å². The Hall–Kier alpha value is -4.71. The lowest BCUT2D eigenvalue weighted by Crippen LogP contribution is -2.30. The Bertz CT molecular complexity index is 1760. The maximum Gasteiger partial charge on any atom is 0.306 e. The summed E-state index contributed by atoms with van der Waals surface area (Å²) in [5.74, 6) is -0.998. The minimum absolute atomic E-state index is 0.114. The van der Waals surface area contributed by atoms with Crippen LogP contribution in [0.5, 0.6) is 0 Å². The Kier molecular flexibility index (Phi) is 63.9. The first-order valence-electron chi connectivity index (χ1n) is 33.3. The number of hydrogen-bond donors (Lipinski definition) is 0. The van der Waals surface area contributed by atoms with Gasteiger partial charge in [-0.2, -0.15) is 0 Å². The van der Waals surface area contributed by atoms with Crippen molar-refractivity contribution in [3.05, 3.63) is 146 Å². The van der Waals surface area contributed by atoms with E-state index in [0.717, 1.165) is 128 Å². The number of allylic oxidation sites excluding steroid dienone is 24. The van der Waals surface area contributed by atoms with E-state index in [-0.39, 0.29) is 37.5 Å². The predicted molar refractivity (Wildman–Crippen MR) is 352 cm³/mol. The molecule has 1 atom stereocenters. The molecule has 458 valence electrons. The van der Waals surface area contributed by atoms with E-state index in [0.29, 0.717) is 19.3 Å². The molecule has 1 unspecified atom stereocenters. The van der Waals surface area contributed by atoms with Gasteiger partial charge in [-0.15, -0.1) is 0 Å². The molecule has 6 heteroatoms. The topological polar surface area (TPSA) is 78.9 Å². The van der Waals surface area contributed by atoms with Gasteiger partial charge in [-0.3, -0.25) is 14.4 Å². The van der Waals surface area contributed by atoms with E-state index >= 15 is 0 Å². The van der Waals surface area contributed by atoms with Crippen LogP contribution in [-0.2, 0) is 28.6 Å². The summed E-state index contributed by atoms with van der Waals surface area (Å²) in [5.41, 5.74) is 0. The van der Waals surface area contributed by atoms with E-state index in [2.05, 4.69) is 167 Å². The fraction of sp³-hybridized carbons (Fsp3) is 0.640. The zero-order chi connectivity index (χ0) is 58.5. The van der Waals surface area contributed by atoms with Gasteiger partial charge in [0.2, 0.25) is 0 Å². The molecule has 0 aliphatic carbocycles. The summed E-state index contributed by atoms with van der Waals surface area (Å²) >= 11 is 0. The summed E-state index contributed by atoms with van der Waals surface area (Å²) < 4.78 is 16.9. The average molecular weight is 1120 g/mol. The van der Waals surface area contributed by atoms with Gasteiger partial charge in [-0.05, 0) is 116 Å². The average Bonchev–Trinajstić information content (AvgIpc) is 3.46. The highest BCUT2D eigenvalue weighted by Gasteiger charge is 2.19. The van der Waals surface area contributed by atoms with E-state index in [9.17, 15) is 14.4 Å². The number of ether oxygens (including phenoxy) is 3. The van der Waals surface area contributed by atoms with Crippen LogP contribution in [0.4, 0.5) is 0 Å². The Morgan fingerprint density at radius 2 is 0.494 bits per heavy atom. The molecule has 0 aromatic carbocycles. The van der Waals surface area contributed by atoms with E-state index in [4.69, 9.17) is 14.2 Å². The van der Waals surface area contributed by atoms with E-state index in [1.54, 1.807) is 0 Å². The van der Waals surface area contributed by atoms with E-state index in [1.165, 1.54) is 116 Å².